The topological polar surface area (TPSA) is 75.7 Å². The number of azo groups is 1. The maximum absolute atomic E-state index is 5.88. The van der Waals surface area contributed by atoms with Gasteiger partial charge in [-0.3, -0.25) is 4.98 Å². The van der Waals surface area contributed by atoms with E-state index >= 15 is 0 Å². The molecule has 3 N–H and O–H groups in total. The molecular formula is C18H17N5. The van der Waals surface area contributed by atoms with Gasteiger partial charge in [0.25, 0.3) is 0 Å². The zero-order valence-corrected chi connectivity index (χ0v) is 12.6. The van der Waals surface area contributed by atoms with E-state index in [1.165, 1.54) is 0 Å². The van der Waals surface area contributed by atoms with Crippen molar-refractivity contribution in [3.05, 3.63) is 78.6 Å². The maximum atomic E-state index is 5.88. The highest BCUT2D eigenvalue weighted by Crippen LogP contribution is 2.28. The van der Waals surface area contributed by atoms with Gasteiger partial charge in [0.05, 0.1) is 23.6 Å². The third-order valence-corrected chi connectivity index (χ3v) is 3.29. The van der Waals surface area contributed by atoms with Crippen molar-refractivity contribution in [1.29, 1.82) is 0 Å². The number of pyridine rings is 1. The number of nitrogen functional groups attached to an aromatic ring is 1. The normalized spacial score (nSPS) is 10.8. The summed E-state index contributed by atoms with van der Waals surface area (Å²) in [5, 5.41) is 11.9. The van der Waals surface area contributed by atoms with Crippen LogP contribution in [0.1, 0.15) is 5.69 Å². The lowest BCUT2D eigenvalue weighted by Gasteiger charge is -2.08. The fraction of sp³-hybridized carbons (Fsp3) is 0.0556. The second-order valence-corrected chi connectivity index (χ2v) is 4.95. The Morgan fingerprint density at radius 3 is 2.30 bits per heavy atom. The molecule has 0 aliphatic carbocycles. The number of nitrogens with two attached hydrogens (primary N) is 1. The van der Waals surface area contributed by atoms with E-state index in [4.69, 9.17) is 5.73 Å². The molecule has 23 heavy (non-hydrogen) atoms. The third kappa shape index (κ3) is 3.91. The molecule has 2 aromatic carbocycles. The summed E-state index contributed by atoms with van der Waals surface area (Å²) in [6.45, 7) is 0.626. The predicted octanol–water partition coefficient (Wildman–Crippen LogP) is 4.69. The van der Waals surface area contributed by atoms with Gasteiger partial charge in [0.15, 0.2) is 0 Å². The molecule has 0 amide bonds. The molecule has 3 aromatic rings. The van der Waals surface area contributed by atoms with Gasteiger partial charge in [-0.2, -0.15) is 0 Å². The van der Waals surface area contributed by atoms with Gasteiger partial charge in [0.2, 0.25) is 0 Å². The Hall–Kier alpha value is -3.21. The Balaban J connectivity index is 1.77. The van der Waals surface area contributed by atoms with Crippen molar-refractivity contribution in [2.75, 3.05) is 11.1 Å². The molecule has 0 unspecified atom stereocenters. The monoisotopic (exact) mass is 303 g/mol. The molecule has 1 aromatic heterocycles. The van der Waals surface area contributed by atoms with Gasteiger partial charge in [-0.15, -0.1) is 10.2 Å². The lowest BCUT2D eigenvalue weighted by atomic mass is 10.2. The number of aromatic nitrogens is 1. The summed E-state index contributed by atoms with van der Waals surface area (Å²) >= 11 is 0. The number of nitrogens with zero attached hydrogens (tertiary/aromatic N) is 3. The van der Waals surface area contributed by atoms with Crippen LogP contribution in [0.3, 0.4) is 0 Å². The highest BCUT2D eigenvalue weighted by molar-refractivity contribution is 5.66. The summed E-state index contributed by atoms with van der Waals surface area (Å²) in [5.74, 6) is 0. The smallest absolute Gasteiger partial charge is 0.109 e. The number of rotatable bonds is 5. The number of hydrogen-bond acceptors (Lipinski definition) is 5. The molecule has 0 saturated carbocycles. The highest BCUT2D eigenvalue weighted by atomic mass is 15.1. The molecule has 0 aliphatic rings. The molecule has 1 heterocycles. The van der Waals surface area contributed by atoms with Gasteiger partial charge < -0.3 is 11.1 Å². The fourth-order valence-corrected chi connectivity index (χ4v) is 2.09. The van der Waals surface area contributed by atoms with Crippen LogP contribution in [0, 0.1) is 0 Å². The zero-order chi connectivity index (χ0) is 15.9. The van der Waals surface area contributed by atoms with Gasteiger partial charge in [0, 0.05) is 6.20 Å². The fourth-order valence-electron chi connectivity index (χ4n) is 2.09. The van der Waals surface area contributed by atoms with Gasteiger partial charge in [0.1, 0.15) is 11.4 Å². The van der Waals surface area contributed by atoms with Crippen molar-refractivity contribution >= 4 is 22.7 Å². The second-order valence-electron chi connectivity index (χ2n) is 4.95. The lowest BCUT2D eigenvalue weighted by molar-refractivity contribution is 1.04. The van der Waals surface area contributed by atoms with Crippen molar-refractivity contribution in [3.63, 3.8) is 0 Å². The van der Waals surface area contributed by atoms with Gasteiger partial charge >= 0.3 is 0 Å². The van der Waals surface area contributed by atoms with Crippen LogP contribution in [-0.4, -0.2) is 4.98 Å². The minimum absolute atomic E-state index is 0.607. The molecule has 5 nitrogen and oxygen atoms in total. The standard InChI is InChI=1S/C18H17N5/c19-15-8-1-2-9-16(15)22-23-18-11-4-3-10-17(18)21-13-14-7-5-6-12-20-14/h1-12,21H,13,19H2. The Morgan fingerprint density at radius 1 is 0.826 bits per heavy atom. The molecule has 0 bridgehead atoms. The largest absolute Gasteiger partial charge is 0.397 e. The van der Waals surface area contributed by atoms with Gasteiger partial charge in [-0.25, -0.2) is 0 Å². The third-order valence-electron chi connectivity index (χ3n) is 3.29. The van der Waals surface area contributed by atoms with Gasteiger partial charge in [-0.05, 0) is 36.4 Å². The summed E-state index contributed by atoms with van der Waals surface area (Å²) in [4.78, 5) is 4.30. The molecule has 0 fully saturated rings. The summed E-state index contributed by atoms with van der Waals surface area (Å²) in [7, 11) is 0. The van der Waals surface area contributed by atoms with Crippen LogP contribution in [0.4, 0.5) is 22.7 Å². The Kier molecular flexibility index (Phi) is 4.59. The van der Waals surface area contributed by atoms with E-state index in [9.17, 15) is 0 Å². The summed E-state index contributed by atoms with van der Waals surface area (Å²) in [6.07, 6.45) is 1.78. The van der Waals surface area contributed by atoms with Gasteiger partial charge in [-0.1, -0.05) is 30.3 Å². The lowest BCUT2D eigenvalue weighted by Crippen LogP contribution is -2.01. The van der Waals surface area contributed by atoms with E-state index in [-0.39, 0.29) is 0 Å². The van der Waals surface area contributed by atoms with E-state index in [0.717, 1.165) is 17.1 Å². The van der Waals surface area contributed by atoms with Crippen LogP contribution in [0.2, 0.25) is 0 Å². The zero-order valence-electron chi connectivity index (χ0n) is 12.6. The van der Waals surface area contributed by atoms with Crippen LogP contribution in [0.5, 0.6) is 0 Å². The van der Waals surface area contributed by atoms with Crippen molar-refractivity contribution in [2.24, 2.45) is 10.2 Å². The maximum Gasteiger partial charge on any atom is 0.109 e. The van der Waals surface area contributed by atoms with E-state index < -0.39 is 0 Å². The first-order valence-corrected chi connectivity index (χ1v) is 7.32. The minimum Gasteiger partial charge on any atom is -0.397 e. The molecule has 0 radical (unpaired) electrons. The van der Waals surface area contributed by atoms with E-state index in [1.807, 2.05) is 60.7 Å². The summed E-state index contributed by atoms with van der Waals surface area (Å²) in [6, 6.07) is 21.0. The quantitative estimate of drug-likeness (QED) is 0.530. The first kappa shape index (κ1) is 14.7. The Bertz CT molecular complexity index is 799. The number of para-hydroxylation sites is 2. The number of anilines is 2. The van der Waals surface area contributed by atoms with Crippen LogP contribution in [0.25, 0.3) is 0 Å². The van der Waals surface area contributed by atoms with Crippen molar-refractivity contribution in [2.45, 2.75) is 6.54 Å². The van der Waals surface area contributed by atoms with Crippen LogP contribution in [-0.2, 0) is 6.54 Å². The highest BCUT2D eigenvalue weighted by Gasteiger charge is 2.02. The minimum atomic E-state index is 0.607. The first-order valence-electron chi connectivity index (χ1n) is 7.32. The molecule has 0 atom stereocenters. The summed E-state index contributed by atoms with van der Waals surface area (Å²) in [5.41, 5.74) is 9.77. The van der Waals surface area contributed by atoms with Crippen molar-refractivity contribution in [1.82, 2.24) is 4.98 Å². The number of benzene rings is 2. The molecule has 114 valence electrons. The Morgan fingerprint density at radius 2 is 1.52 bits per heavy atom. The predicted molar refractivity (Wildman–Crippen MR) is 93.0 cm³/mol. The molecular weight excluding hydrogens is 286 g/mol. The average molecular weight is 303 g/mol. The number of hydrogen-bond donors (Lipinski definition) is 2. The number of nitrogens with one attached hydrogen (secondary N) is 1. The molecule has 0 saturated heterocycles. The van der Waals surface area contributed by atoms with Crippen molar-refractivity contribution < 1.29 is 0 Å². The second kappa shape index (κ2) is 7.17. The molecule has 3 rings (SSSR count). The van der Waals surface area contributed by atoms with E-state index in [2.05, 4.69) is 20.5 Å². The average Bonchev–Trinajstić information content (AvgIpc) is 2.61. The van der Waals surface area contributed by atoms with Crippen LogP contribution in [0.15, 0.2) is 83.2 Å². The van der Waals surface area contributed by atoms with Crippen molar-refractivity contribution in [3.8, 4) is 0 Å². The van der Waals surface area contributed by atoms with E-state index in [0.29, 0.717) is 17.9 Å². The summed E-state index contributed by atoms with van der Waals surface area (Å²) < 4.78 is 0. The first-order chi connectivity index (χ1) is 11.3. The van der Waals surface area contributed by atoms with Crippen LogP contribution >= 0.6 is 0 Å². The Labute approximate surface area is 134 Å². The van der Waals surface area contributed by atoms with Crippen LogP contribution < -0.4 is 11.1 Å². The molecule has 0 aliphatic heterocycles. The molecule has 0 spiro atoms. The SMILES string of the molecule is Nc1ccccc1N=Nc1ccccc1NCc1ccccn1. The van der Waals surface area contributed by atoms with E-state index in [1.54, 1.807) is 12.3 Å². The molecule has 5 heteroatoms.